The Balaban J connectivity index is 1.90. The Morgan fingerprint density at radius 1 is 1.04 bits per heavy atom. The molecule has 3 rings (SSSR count). The first-order valence-corrected chi connectivity index (χ1v) is 7.32. The van der Waals surface area contributed by atoms with Crippen LogP contribution in [0.5, 0.6) is 0 Å². The summed E-state index contributed by atoms with van der Waals surface area (Å²) < 4.78 is 1.92. The second kappa shape index (κ2) is 6.50. The number of aliphatic imine (C=N–C) groups is 1. The minimum atomic E-state index is -0.940. The maximum atomic E-state index is 10.9. The first-order valence-electron chi connectivity index (χ1n) is 6.95. The van der Waals surface area contributed by atoms with Crippen LogP contribution in [0.1, 0.15) is 16.1 Å². The van der Waals surface area contributed by atoms with Crippen LogP contribution in [0.15, 0.2) is 71.9 Å². The van der Waals surface area contributed by atoms with Crippen molar-refractivity contribution in [3.8, 4) is 5.69 Å². The molecule has 0 atom stereocenters. The minimum Gasteiger partial charge on any atom is -0.478 e. The van der Waals surface area contributed by atoms with Crippen molar-refractivity contribution in [2.24, 2.45) is 4.99 Å². The summed E-state index contributed by atoms with van der Waals surface area (Å²) in [5.74, 6) is -0.940. The Bertz CT molecular complexity index is 867. The fourth-order valence-electron chi connectivity index (χ4n) is 2.19. The predicted octanol–water partition coefficient (Wildman–Crippen LogP) is 4.58. The first-order chi connectivity index (χ1) is 11.1. The van der Waals surface area contributed by atoms with Gasteiger partial charge in [0.1, 0.15) is 0 Å². The lowest BCUT2D eigenvalue weighted by molar-refractivity contribution is 0.0697. The van der Waals surface area contributed by atoms with E-state index in [9.17, 15) is 4.79 Å². The molecule has 4 nitrogen and oxygen atoms in total. The van der Waals surface area contributed by atoms with E-state index in [2.05, 4.69) is 4.99 Å². The van der Waals surface area contributed by atoms with Crippen LogP contribution in [-0.4, -0.2) is 21.9 Å². The molecule has 0 aliphatic heterocycles. The Kier molecular flexibility index (Phi) is 4.26. The molecule has 1 heterocycles. The van der Waals surface area contributed by atoms with Gasteiger partial charge in [-0.3, -0.25) is 4.99 Å². The monoisotopic (exact) mass is 324 g/mol. The molecule has 0 spiro atoms. The quantitative estimate of drug-likeness (QED) is 0.714. The van der Waals surface area contributed by atoms with Crippen molar-refractivity contribution in [2.45, 2.75) is 0 Å². The van der Waals surface area contributed by atoms with E-state index in [1.807, 2.05) is 41.1 Å². The molecular formula is C18H13ClN2O2. The Hall–Kier alpha value is -2.85. The van der Waals surface area contributed by atoms with Gasteiger partial charge in [0, 0.05) is 11.9 Å². The zero-order valence-electron chi connectivity index (χ0n) is 12.1. The van der Waals surface area contributed by atoms with Gasteiger partial charge in [-0.15, -0.1) is 0 Å². The van der Waals surface area contributed by atoms with E-state index in [-0.39, 0.29) is 5.56 Å². The van der Waals surface area contributed by atoms with Gasteiger partial charge in [0.05, 0.1) is 28.2 Å². The molecule has 0 amide bonds. The summed E-state index contributed by atoms with van der Waals surface area (Å²) in [6, 6.07) is 17.9. The van der Waals surface area contributed by atoms with Crippen LogP contribution in [-0.2, 0) is 0 Å². The molecule has 0 saturated heterocycles. The van der Waals surface area contributed by atoms with E-state index >= 15 is 0 Å². The van der Waals surface area contributed by atoms with Crippen LogP contribution in [0.25, 0.3) is 5.69 Å². The number of carboxylic acid groups (broad SMARTS) is 1. The summed E-state index contributed by atoms with van der Waals surface area (Å²) in [7, 11) is 0. The van der Waals surface area contributed by atoms with Gasteiger partial charge in [-0.2, -0.15) is 0 Å². The molecule has 3 aromatic rings. The third-order valence-corrected chi connectivity index (χ3v) is 3.68. The minimum absolute atomic E-state index is 0.257. The van der Waals surface area contributed by atoms with Gasteiger partial charge in [0.15, 0.2) is 0 Å². The van der Waals surface area contributed by atoms with Crippen LogP contribution in [0.2, 0.25) is 5.02 Å². The normalized spacial score (nSPS) is 11.0. The summed E-state index contributed by atoms with van der Waals surface area (Å²) in [5.41, 5.74) is 2.68. The van der Waals surface area contributed by atoms with Crippen LogP contribution in [0.4, 0.5) is 5.69 Å². The molecule has 1 N–H and O–H groups in total. The lowest BCUT2D eigenvalue weighted by Crippen LogP contribution is -2.00. The van der Waals surface area contributed by atoms with Crippen molar-refractivity contribution in [1.29, 1.82) is 0 Å². The molecule has 0 fully saturated rings. The maximum Gasteiger partial charge on any atom is 0.335 e. The molecule has 1 aromatic heterocycles. The average molecular weight is 325 g/mol. The average Bonchev–Trinajstić information content (AvgIpc) is 3.02. The Morgan fingerprint density at radius 3 is 2.48 bits per heavy atom. The smallest absolute Gasteiger partial charge is 0.335 e. The van der Waals surface area contributed by atoms with Gasteiger partial charge in [-0.1, -0.05) is 23.7 Å². The number of para-hydroxylation sites is 1. The Labute approximate surface area is 138 Å². The molecule has 0 saturated carbocycles. The fourth-order valence-corrected chi connectivity index (χ4v) is 2.38. The van der Waals surface area contributed by atoms with E-state index in [1.165, 1.54) is 0 Å². The molecule has 0 radical (unpaired) electrons. The van der Waals surface area contributed by atoms with Crippen molar-refractivity contribution < 1.29 is 9.90 Å². The van der Waals surface area contributed by atoms with Crippen LogP contribution < -0.4 is 0 Å². The third-order valence-electron chi connectivity index (χ3n) is 3.36. The molecule has 0 bridgehead atoms. The van der Waals surface area contributed by atoms with E-state index in [4.69, 9.17) is 16.7 Å². The van der Waals surface area contributed by atoms with Gasteiger partial charge in [0.2, 0.25) is 0 Å². The summed E-state index contributed by atoms with van der Waals surface area (Å²) in [6.45, 7) is 0. The van der Waals surface area contributed by atoms with Gasteiger partial charge in [-0.25, -0.2) is 4.79 Å². The first kappa shape index (κ1) is 15.1. The van der Waals surface area contributed by atoms with E-state index in [0.717, 1.165) is 11.4 Å². The number of halogens is 1. The molecule has 0 aliphatic rings. The standard InChI is InChI=1S/C18H13ClN2O2/c19-16-5-1-2-6-17(16)20-12-15-4-3-11-21(15)14-9-7-13(8-10-14)18(22)23/h1-12H,(H,22,23). The molecule has 0 unspecified atom stereocenters. The topological polar surface area (TPSA) is 54.6 Å². The van der Waals surface area contributed by atoms with Crippen LogP contribution in [0.3, 0.4) is 0 Å². The zero-order valence-corrected chi connectivity index (χ0v) is 12.8. The predicted molar refractivity (Wildman–Crippen MR) is 91.4 cm³/mol. The van der Waals surface area contributed by atoms with Crippen molar-refractivity contribution >= 4 is 29.5 Å². The fraction of sp³-hybridized carbons (Fsp3) is 0. The second-order valence-electron chi connectivity index (χ2n) is 4.86. The second-order valence-corrected chi connectivity index (χ2v) is 5.27. The van der Waals surface area contributed by atoms with E-state index in [1.54, 1.807) is 36.5 Å². The van der Waals surface area contributed by atoms with Crippen molar-refractivity contribution in [3.63, 3.8) is 0 Å². The SMILES string of the molecule is O=C(O)c1ccc(-n2cccc2C=Nc2ccccc2Cl)cc1. The number of benzene rings is 2. The molecule has 5 heteroatoms. The lowest BCUT2D eigenvalue weighted by atomic mass is 10.2. The van der Waals surface area contributed by atoms with Gasteiger partial charge in [0.25, 0.3) is 0 Å². The van der Waals surface area contributed by atoms with Gasteiger partial charge in [-0.05, 0) is 48.5 Å². The number of carboxylic acids is 1. The van der Waals surface area contributed by atoms with Crippen LogP contribution >= 0.6 is 11.6 Å². The molecule has 114 valence electrons. The van der Waals surface area contributed by atoms with Crippen molar-refractivity contribution in [3.05, 3.63) is 83.1 Å². The highest BCUT2D eigenvalue weighted by Crippen LogP contribution is 2.23. The van der Waals surface area contributed by atoms with E-state index < -0.39 is 5.97 Å². The number of aromatic carboxylic acids is 1. The van der Waals surface area contributed by atoms with Crippen LogP contribution in [0, 0.1) is 0 Å². The highest BCUT2D eigenvalue weighted by Gasteiger charge is 2.05. The van der Waals surface area contributed by atoms with Crippen molar-refractivity contribution in [2.75, 3.05) is 0 Å². The lowest BCUT2D eigenvalue weighted by Gasteiger charge is -2.06. The largest absolute Gasteiger partial charge is 0.478 e. The summed E-state index contributed by atoms with van der Waals surface area (Å²) in [4.78, 5) is 15.3. The highest BCUT2D eigenvalue weighted by atomic mass is 35.5. The third kappa shape index (κ3) is 3.33. The number of hydrogen-bond donors (Lipinski definition) is 1. The summed E-state index contributed by atoms with van der Waals surface area (Å²) >= 11 is 6.09. The van der Waals surface area contributed by atoms with Gasteiger partial charge < -0.3 is 9.67 Å². The number of hydrogen-bond acceptors (Lipinski definition) is 2. The van der Waals surface area contributed by atoms with Gasteiger partial charge >= 0.3 is 5.97 Å². The van der Waals surface area contributed by atoms with Crippen molar-refractivity contribution in [1.82, 2.24) is 4.57 Å². The zero-order chi connectivity index (χ0) is 16.2. The number of aromatic nitrogens is 1. The molecule has 0 aliphatic carbocycles. The number of nitrogens with zero attached hydrogens (tertiary/aromatic N) is 2. The highest BCUT2D eigenvalue weighted by molar-refractivity contribution is 6.33. The molecule has 2 aromatic carbocycles. The Morgan fingerprint density at radius 2 is 1.78 bits per heavy atom. The summed E-state index contributed by atoms with van der Waals surface area (Å²) in [6.07, 6.45) is 3.62. The summed E-state index contributed by atoms with van der Waals surface area (Å²) in [5, 5.41) is 9.55. The molecular weight excluding hydrogens is 312 g/mol. The molecule has 23 heavy (non-hydrogen) atoms. The number of carbonyl (C=O) groups is 1. The van der Waals surface area contributed by atoms with E-state index in [0.29, 0.717) is 10.7 Å². The number of rotatable bonds is 4. The maximum absolute atomic E-state index is 10.9.